The second-order valence-corrected chi connectivity index (χ2v) is 12.4. The summed E-state index contributed by atoms with van der Waals surface area (Å²) in [5, 5.41) is 3.20. The van der Waals surface area contributed by atoms with Crippen LogP contribution in [0.25, 0.3) is 0 Å². The minimum absolute atomic E-state index is 0.0515. The van der Waals surface area contributed by atoms with Crippen LogP contribution in [0.15, 0.2) is 77.7 Å². The normalized spacial score (nSPS) is 18.1. The quantitative estimate of drug-likeness (QED) is 0.394. The smallest absolute Gasteiger partial charge is 0.243 e. The number of rotatable bonds is 9. The standard InChI is InChI=1S/C31H38N2O3S/c1-23-12-14-26(15-13-23)20-31(34)32-28-18-16-27(17-19-28)21-33(22-30-24(2)8-7-9-25(30)3)37(35,36)29-10-5-4-6-11-29/h4-15,27-28H,16-22H2,1-3H3,(H,32,34). The van der Waals surface area contributed by atoms with Crippen LogP contribution in [0.5, 0.6) is 0 Å². The van der Waals surface area contributed by atoms with E-state index in [1.807, 2.05) is 69.3 Å². The Hall–Kier alpha value is -2.96. The van der Waals surface area contributed by atoms with E-state index in [1.54, 1.807) is 28.6 Å². The van der Waals surface area contributed by atoms with Gasteiger partial charge in [0.15, 0.2) is 0 Å². The van der Waals surface area contributed by atoms with Gasteiger partial charge in [0.1, 0.15) is 0 Å². The van der Waals surface area contributed by atoms with Crippen molar-refractivity contribution in [2.45, 2.75) is 70.4 Å². The van der Waals surface area contributed by atoms with Crippen LogP contribution in [0.3, 0.4) is 0 Å². The van der Waals surface area contributed by atoms with E-state index in [4.69, 9.17) is 0 Å². The summed E-state index contributed by atoms with van der Waals surface area (Å²) in [6.07, 6.45) is 3.91. The van der Waals surface area contributed by atoms with E-state index in [-0.39, 0.29) is 17.9 Å². The molecule has 196 valence electrons. The van der Waals surface area contributed by atoms with E-state index in [0.29, 0.717) is 24.4 Å². The molecule has 1 saturated carbocycles. The number of carbonyl (C=O) groups excluding carboxylic acids is 1. The summed E-state index contributed by atoms with van der Waals surface area (Å²) < 4.78 is 29.1. The van der Waals surface area contributed by atoms with E-state index in [0.717, 1.165) is 47.9 Å². The predicted molar refractivity (Wildman–Crippen MR) is 149 cm³/mol. The van der Waals surface area contributed by atoms with Gasteiger partial charge in [0.05, 0.1) is 11.3 Å². The van der Waals surface area contributed by atoms with Gasteiger partial charge in [-0.1, -0.05) is 66.2 Å². The highest BCUT2D eigenvalue weighted by Gasteiger charge is 2.30. The van der Waals surface area contributed by atoms with Crippen molar-refractivity contribution in [3.63, 3.8) is 0 Å². The van der Waals surface area contributed by atoms with Gasteiger partial charge in [-0.25, -0.2) is 8.42 Å². The molecule has 0 bridgehead atoms. The van der Waals surface area contributed by atoms with Gasteiger partial charge in [-0.15, -0.1) is 0 Å². The molecule has 4 rings (SSSR count). The van der Waals surface area contributed by atoms with Gasteiger partial charge < -0.3 is 5.32 Å². The fourth-order valence-electron chi connectivity index (χ4n) is 5.21. The zero-order valence-corrected chi connectivity index (χ0v) is 22.9. The van der Waals surface area contributed by atoms with Gasteiger partial charge in [-0.05, 0) is 86.8 Å². The van der Waals surface area contributed by atoms with Crippen LogP contribution in [0.2, 0.25) is 0 Å². The molecule has 1 N–H and O–H groups in total. The fourth-order valence-corrected chi connectivity index (χ4v) is 6.72. The number of aryl methyl sites for hydroxylation is 3. The van der Waals surface area contributed by atoms with Crippen LogP contribution in [-0.4, -0.2) is 31.2 Å². The lowest BCUT2D eigenvalue weighted by atomic mass is 9.85. The highest BCUT2D eigenvalue weighted by atomic mass is 32.2. The monoisotopic (exact) mass is 518 g/mol. The Morgan fingerprint density at radius 2 is 1.46 bits per heavy atom. The average Bonchev–Trinajstić information content (AvgIpc) is 2.88. The van der Waals surface area contributed by atoms with E-state index in [2.05, 4.69) is 5.32 Å². The van der Waals surface area contributed by atoms with Crippen molar-refractivity contribution in [2.75, 3.05) is 6.54 Å². The van der Waals surface area contributed by atoms with Crippen molar-refractivity contribution < 1.29 is 13.2 Å². The third-order valence-corrected chi connectivity index (χ3v) is 9.34. The lowest BCUT2D eigenvalue weighted by Gasteiger charge is -2.33. The first-order chi connectivity index (χ1) is 17.7. The summed E-state index contributed by atoms with van der Waals surface area (Å²) >= 11 is 0. The van der Waals surface area contributed by atoms with Gasteiger partial charge >= 0.3 is 0 Å². The molecule has 0 heterocycles. The van der Waals surface area contributed by atoms with Crippen molar-refractivity contribution in [3.05, 3.63) is 101 Å². The minimum atomic E-state index is -3.64. The number of hydrogen-bond donors (Lipinski definition) is 1. The van der Waals surface area contributed by atoms with E-state index in [9.17, 15) is 13.2 Å². The lowest BCUT2D eigenvalue weighted by Crippen LogP contribution is -2.41. The van der Waals surface area contributed by atoms with Crippen molar-refractivity contribution >= 4 is 15.9 Å². The number of hydrogen-bond acceptors (Lipinski definition) is 3. The van der Waals surface area contributed by atoms with Crippen molar-refractivity contribution in [1.29, 1.82) is 0 Å². The number of carbonyl (C=O) groups is 1. The van der Waals surface area contributed by atoms with Gasteiger partial charge in [0.25, 0.3) is 0 Å². The lowest BCUT2D eigenvalue weighted by molar-refractivity contribution is -0.121. The maximum Gasteiger partial charge on any atom is 0.243 e. The molecule has 3 aromatic rings. The van der Waals surface area contributed by atoms with Gasteiger partial charge in [0, 0.05) is 19.1 Å². The highest BCUT2D eigenvalue weighted by molar-refractivity contribution is 7.89. The summed E-state index contributed by atoms with van der Waals surface area (Å²) in [6.45, 7) is 6.97. The van der Waals surface area contributed by atoms with Crippen LogP contribution in [0.4, 0.5) is 0 Å². The third kappa shape index (κ3) is 7.08. The van der Waals surface area contributed by atoms with Crippen LogP contribution < -0.4 is 5.32 Å². The van der Waals surface area contributed by atoms with Crippen LogP contribution in [-0.2, 0) is 27.8 Å². The van der Waals surface area contributed by atoms with Crippen molar-refractivity contribution in [1.82, 2.24) is 9.62 Å². The molecule has 0 spiro atoms. The highest BCUT2D eigenvalue weighted by Crippen LogP contribution is 2.29. The molecule has 1 amide bonds. The minimum Gasteiger partial charge on any atom is -0.353 e. The van der Waals surface area contributed by atoms with E-state index < -0.39 is 10.0 Å². The zero-order chi connectivity index (χ0) is 26.4. The largest absolute Gasteiger partial charge is 0.353 e. The molecule has 0 aliphatic heterocycles. The fraction of sp³-hybridized carbons (Fsp3) is 0.387. The summed E-state index contributed by atoms with van der Waals surface area (Å²) in [5.74, 6) is 0.309. The summed E-state index contributed by atoms with van der Waals surface area (Å²) in [6, 6.07) is 23.0. The number of benzene rings is 3. The molecule has 6 heteroatoms. The second-order valence-electron chi connectivity index (χ2n) is 10.4. The molecule has 1 aliphatic rings. The zero-order valence-electron chi connectivity index (χ0n) is 22.1. The Morgan fingerprint density at radius 1 is 0.838 bits per heavy atom. The number of amides is 1. The molecule has 3 aromatic carbocycles. The van der Waals surface area contributed by atoms with Crippen LogP contribution in [0.1, 0.15) is 53.5 Å². The molecule has 5 nitrogen and oxygen atoms in total. The maximum absolute atomic E-state index is 13.7. The summed E-state index contributed by atoms with van der Waals surface area (Å²) in [5.41, 5.74) is 5.48. The number of nitrogens with zero attached hydrogens (tertiary/aromatic N) is 1. The van der Waals surface area contributed by atoms with E-state index in [1.165, 1.54) is 5.56 Å². The third-order valence-electron chi connectivity index (χ3n) is 7.52. The molecule has 1 fully saturated rings. The predicted octanol–water partition coefficient (Wildman–Crippen LogP) is 5.72. The topological polar surface area (TPSA) is 66.5 Å². The Kier molecular flexibility index (Phi) is 8.83. The Bertz CT molecular complexity index is 1280. The molecule has 1 aliphatic carbocycles. The Balaban J connectivity index is 1.41. The molecule has 0 unspecified atom stereocenters. The molecular weight excluding hydrogens is 480 g/mol. The SMILES string of the molecule is Cc1ccc(CC(=O)NC2CCC(CN(Cc3c(C)cccc3C)S(=O)(=O)c3ccccc3)CC2)cc1. The Labute approximate surface area is 222 Å². The number of nitrogens with one attached hydrogen (secondary N) is 1. The van der Waals surface area contributed by atoms with Gasteiger partial charge in [-0.3, -0.25) is 4.79 Å². The summed E-state index contributed by atoms with van der Waals surface area (Å²) in [4.78, 5) is 12.9. The molecule has 0 atom stereocenters. The first kappa shape index (κ1) is 27.1. The molecule has 0 saturated heterocycles. The van der Waals surface area contributed by atoms with Gasteiger partial charge in [0.2, 0.25) is 15.9 Å². The van der Waals surface area contributed by atoms with Gasteiger partial charge in [-0.2, -0.15) is 4.31 Å². The maximum atomic E-state index is 13.7. The average molecular weight is 519 g/mol. The number of sulfonamides is 1. The van der Waals surface area contributed by atoms with Crippen molar-refractivity contribution in [3.8, 4) is 0 Å². The molecule has 0 radical (unpaired) electrons. The van der Waals surface area contributed by atoms with Crippen LogP contribution >= 0.6 is 0 Å². The van der Waals surface area contributed by atoms with Crippen LogP contribution in [0, 0.1) is 26.7 Å². The second kappa shape index (κ2) is 12.1. The Morgan fingerprint density at radius 3 is 2.08 bits per heavy atom. The van der Waals surface area contributed by atoms with Crippen molar-refractivity contribution in [2.24, 2.45) is 5.92 Å². The molecular formula is C31H38N2O3S. The molecule has 0 aromatic heterocycles. The first-order valence-electron chi connectivity index (χ1n) is 13.2. The summed E-state index contributed by atoms with van der Waals surface area (Å²) in [7, 11) is -3.64. The first-order valence-corrected chi connectivity index (χ1v) is 14.6. The molecule has 37 heavy (non-hydrogen) atoms. The van der Waals surface area contributed by atoms with E-state index >= 15 is 0 Å².